The SMILES string of the molecule is COc1cc(CCC(=O)NC(CN)c2ccc3ccccc3c2)cc(OC)c1.Cl. The molecule has 0 radical (unpaired) electrons. The number of hydrogen-bond donors (Lipinski definition) is 2. The van der Waals surface area contributed by atoms with Gasteiger partial charge in [-0.3, -0.25) is 4.79 Å². The second-order valence-electron chi connectivity index (χ2n) is 6.68. The number of amides is 1. The monoisotopic (exact) mass is 414 g/mol. The Bertz CT molecular complexity index is 940. The number of nitrogens with one attached hydrogen (secondary N) is 1. The van der Waals surface area contributed by atoms with Crippen molar-refractivity contribution in [2.24, 2.45) is 5.73 Å². The second kappa shape index (κ2) is 10.7. The van der Waals surface area contributed by atoms with Crippen molar-refractivity contribution in [2.45, 2.75) is 18.9 Å². The number of hydrogen-bond acceptors (Lipinski definition) is 4. The van der Waals surface area contributed by atoms with E-state index in [-0.39, 0.29) is 24.4 Å². The fourth-order valence-corrected chi connectivity index (χ4v) is 3.24. The van der Waals surface area contributed by atoms with Crippen molar-refractivity contribution >= 4 is 29.1 Å². The summed E-state index contributed by atoms with van der Waals surface area (Å²) in [6, 6.07) is 19.7. The van der Waals surface area contributed by atoms with Gasteiger partial charge in [-0.15, -0.1) is 12.4 Å². The van der Waals surface area contributed by atoms with E-state index in [1.807, 2.05) is 36.4 Å². The van der Waals surface area contributed by atoms with Gasteiger partial charge in [0.05, 0.1) is 20.3 Å². The smallest absolute Gasteiger partial charge is 0.220 e. The van der Waals surface area contributed by atoms with Crippen LogP contribution >= 0.6 is 12.4 Å². The van der Waals surface area contributed by atoms with Crippen LogP contribution in [0.15, 0.2) is 60.7 Å². The molecule has 1 atom stereocenters. The molecule has 3 aromatic carbocycles. The number of aryl methyl sites for hydroxylation is 1. The predicted octanol–water partition coefficient (Wildman–Crippen LogP) is 4.03. The molecule has 3 rings (SSSR count). The Morgan fingerprint density at radius 2 is 1.62 bits per heavy atom. The first-order valence-corrected chi connectivity index (χ1v) is 9.33. The molecule has 0 heterocycles. The van der Waals surface area contributed by atoms with Gasteiger partial charge < -0.3 is 20.5 Å². The van der Waals surface area contributed by atoms with Crippen molar-refractivity contribution < 1.29 is 14.3 Å². The van der Waals surface area contributed by atoms with Crippen molar-refractivity contribution in [3.8, 4) is 11.5 Å². The minimum Gasteiger partial charge on any atom is -0.497 e. The molecule has 0 saturated carbocycles. The molecule has 0 aromatic heterocycles. The number of methoxy groups -OCH3 is 2. The van der Waals surface area contributed by atoms with Crippen molar-refractivity contribution in [2.75, 3.05) is 20.8 Å². The topological polar surface area (TPSA) is 73.6 Å². The number of benzene rings is 3. The van der Waals surface area contributed by atoms with E-state index < -0.39 is 0 Å². The van der Waals surface area contributed by atoms with Gasteiger partial charge in [0.1, 0.15) is 11.5 Å². The Kier molecular flexibility index (Phi) is 8.31. The van der Waals surface area contributed by atoms with Gasteiger partial charge in [-0.2, -0.15) is 0 Å². The molecule has 0 bridgehead atoms. The highest BCUT2D eigenvalue weighted by Crippen LogP contribution is 2.24. The van der Waals surface area contributed by atoms with Crippen LogP contribution in [0.4, 0.5) is 0 Å². The molecule has 0 aliphatic heterocycles. The molecule has 1 amide bonds. The number of halogens is 1. The number of carbonyl (C=O) groups excluding carboxylic acids is 1. The second-order valence-corrected chi connectivity index (χ2v) is 6.68. The molecule has 0 saturated heterocycles. The minimum absolute atomic E-state index is 0. The largest absolute Gasteiger partial charge is 0.497 e. The van der Waals surface area contributed by atoms with E-state index in [2.05, 4.69) is 29.6 Å². The quantitative estimate of drug-likeness (QED) is 0.583. The Balaban J connectivity index is 0.00000300. The van der Waals surface area contributed by atoms with Gasteiger partial charge in [-0.25, -0.2) is 0 Å². The summed E-state index contributed by atoms with van der Waals surface area (Å²) in [5.41, 5.74) is 7.93. The number of ether oxygens (including phenoxy) is 2. The van der Waals surface area contributed by atoms with Crippen LogP contribution in [-0.4, -0.2) is 26.7 Å². The molecule has 29 heavy (non-hydrogen) atoms. The van der Waals surface area contributed by atoms with Gasteiger partial charge in [-0.1, -0.05) is 36.4 Å². The van der Waals surface area contributed by atoms with Crippen LogP contribution in [0.25, 0.3) is 10.8 Å². The molecule has 6 heteroatoms. The lowest BCUT2D eigenvalue weighted by atomic mass is 10.0. The van der Waals surface area contributed by atoms with Crippen LogP contribution in [0.5, 0.6) is 11.5 Å². The van der Waals surface area contributed by atoms with E-state index in [4.69, 9.17) is 15.2 Å². The van der Waals surface area contributed by atoms with Crippen molar-refractivity contribution in [1.29, 1.82) is 0 Å². The lowest BCUT2D eigenvalue weighted by Gasteiger charge is -2.18. The summed E-state index contributed by atoms with van der Waals surface area (Å²) < 4.78 is 10.6. The van der Waals surface area contributed by atoms with E-state index in [0.29, 0.717) is 30.9 Å². The molecule has 0 aliphatic rings. The van der Waals surface area contributed by atoms with Gasteiger partial charge in [0.25, 0.3) is 0 Å². The van der Waals surface area contributed by atoms with Crippen LogP contribution in [0, 0.1) is 0 Å². The van der Waals surface area contributed by atoms with Crippen LogP contribution in [0.3, 0.4) is 0 Å². The average molecular weight is 415 g/mol. The predicted molar refractivity (Wildman–Crippen MR) is 119 cm³/mol. The Morgan fingerprint density at radius 3 is 2.24 bits per heavy atom. The molecule has 5 nitrogen and oxygen atoms in total. The van der Waals surface area contributed by atoms with E-state index in [1.165, 1.54) is 5.39 Å². The van der Waals surface area contributed by atoms with E-state index in [1.54, 1.807) is 14.2 Å². The third-order valence-corrected chi connectivity index (χ3v) is 4.80. The first kappa shape index (κ1) is 22.5. The fraction of sp³-hybridized carbons (Fsp3) is 0.261. The Hall–Kier alpha value is -2.76. The molecule has 154 valence electrons. The highest BCUT2D eigenvalue weighted by atomic mass is 35.5. The maximum absolute atomic E-state index is 12.5. The summed E-state index contributed by atoms with van der Waals surface area (Å²) in [6.45, 7) is 0.344. The van der Waals surface area contributed by atoms with Gasteiger partial charge in [0, 0.05) is 19.0 Å². The summed E-state index contributed by atoms with van der Waals surface area (Å²) in [4.78, 5) is 12.5. The summed E-state index contributed by atoms with van der Waals surface area (Å²) in [5, 5.41) is 5.35. The maximum Gasteiger partial charge on any atom is 0.220 e. The first-order chi connectivity index (χ1) is 13.6. The molecule has 0 spiro atoms. The van der Waals surface area contributed by atoms with Crippen LogP contribution < -0.4 is 20.5 Å². The van der Waals surface area contributed by atoms with E-state index in [9.17, 15) is 4.79 Å². The van der Waals surface area contributed by atoms with E-state index in [0.717, 1.165) is 16.5 Å². The summed E-state index contributed by atoms with van der Waals surface area (Å²) in [7, 11) is 3.22. The number of rotatable bonds is 8. The van der Waals surface area contributed by atoms with Crippen LogP contribution in [0.1, 0.15) is 23.6 Å². The molecular weight excluding hydrogens is 388 g/mol. The van der Waals surface area contributed by atoms with Crippen LogP contribution in [-0.2, 0) is 11.2 Å². The van der Waals surface area contributed by atoms with Gasteiger partial charge in [0.15, 0.2) is 0 Å². The minimum atomic E-state index is -0.211. The molecular formula is C23H27ClN2O3. The molecule has 3 aromatic rings. The fourth-order valence-electron chi connectivity index (χ4n) is 3.24. The first-order valence-electron chi connectivity index (χ1n) is 9.33. The zero-order valence-corrected chi connectivity index (χ0v) is 17.5. The highest BCUT2D eigenvalue weighted by molar-refractivity contribution is 5.85. The van der Waals surface area contributed by atoms with Gasteiger partial charge >= 0.3 is 0 Å². The number of carbonyl (C=O) groups is 1. The standard InChI is InChI=1S/C23H26N2O3.ClH/c1-27-20-11-16(12-21(14-20)28-2)7-10-23(26)25-22(15-24)19-9-8-17-5-3-4-6-18(17)13-19;/h3-6,8-9,11-14,22H,7,10,15,24H2,1-2H3,(H,25,26);1H. The normalized spacial score (nSPS) is 11.4. The lowest BCUT2D eigenvalue weighted by molar-refractivity contribution is -0.121. The van der Waals surface area contributed by atoms with Crippen LogP contribution in [0.2, 0.25) is 0 Å². The van der Waals surface area contributed by atoms with Gasteiger partial charge in [-0.05, 0) is 46.5 Å². The number of nitrogens with two attached hydrogens (primary N) is 1. The van der Waals surface area contributed by atoms with Crippen molar-refractivity contribution in [3.05, 3.63) is 71.8 Å². The molecule has 0 fully saturated rings. The summed E-state index contributed by atoms with van der Waals surface area (Å²) in [5.74, 6) is 1.39. The molecule has 1 unspecified atom stereocenters. The maximum atomic E-state index is 12.5. The zero-order chi connectivity index (χ0) is 19.9. The van der Waals surface area contributed by atoms with E-state index >= 15 is 0 Å². The summed E-state index contributed by atoms with van der Waals surface area (Å²) in [6.07, 6.45) is 0.953. The Morgan fingerprint density at radius 1 is 0.966 bits per heavy atom. The van der Waals surface area contributed by atoms with Crippen molar-refractivity contribution in [3.63, 3.8) is 0 Å². The Labute approximate surface area is 177 Å². The number of fused-ring (bicyclic) bond motifs is 1. The zero-order valence-electron chi connectivity index (χ0n) is 16.7. The van der Waals surface area contributed by atoms with Crippen molar-refractivity contribution in [1.82, 2.24) is 5.32 Å². The highest BCUT2D eigenvalue weighted by Gasteiger charge is 2.14. The molecule has 0 aliphatic carbocycles. The third kappa shape index (κ3) is 5.86. The lowest BCUT2D eigenvalue weighted by Crippen LogP contribution is -2.33. The third-order valence-electron chi connectivity index (χ3n) is 4.80. The molecule has 3 N–H and O–H groups in total. The van der Waals surface area contributed by atoms with Gasteiger partial charge in [0.2, 0.25) is 5.91 Å². The summed E-state index contributed by atoms with van der Waals surface area (Å²) >= 11 is 0. The average Bonchev–Trinajstić information content (AvgIpc) is 2.75.